The van der Waals surface area contributed by atoms with Crippen molar-refractivity contribution in [1.82, 2.24) is 10.2 Å². The van der Waals surface area contributed by atoms with Crippen LogP contribution in [0.25, 0.3) is 0 Å². The summed E-state index contributed by atoms with van der Waals surface area (Å²) in [4.78, 5) is 14.5. The summed E-state index contributed by atoms with van der Waals surface area (Å²) < 4.78 is 0. The van der Waals surface area contributed by atoms with Crippen LogP contribution in [0, 0.1) is 0 Å². The smallest absolute Gasteiger partial charge is 0.251 e. The van der Waals surface area contributed by atoms with Crippen LogP contribution in [0.4, 0.5) is 5.69 Å². The van der Waals surface area contributed by atoms with Crippen LogP contribution in [0.1, 0.15) is 36.5 Å². The zero-order chi connectivity index (χ0) is 14.5. The maximum Gasteiger partial charge on any atom is 0.251 e. The molecule has 0 spiro atoms. The Labute approximate surface area is 125 Å². The van der Waals surface area contributed by atoms with E-state index in [1.165, 1.54) is 19.3 Å². The van der Waals surface area contributed by atoms with E-state index in [4.69, 9.17) is 17.3 Å². The summed E-state index contributed by atoms with van der Waals surface area (Å²) in [6.07, 6.45) is 3.84. The van der Waals surface area contributed by atoms with E-state index in [-0.39, 0.29) is 11.9 Å². The number of rotatable bonds is 4. The molecule has 0 aromatic heterocycles. The van der Waals surface area contributed by atoms with Crippen molar-refractivity contribution in [1.29, 1.82) is 0 Å². The molecule has 0 aliphatic carbocycles. The van der Waals surface area contributed by atoms with Gasteiger partial charge < -0.3 is 16.0 Å². The second-order valence-corrected chi connectivity index (χ2v) is 5.88. The van der Waals surface area contributed by atoms with Gasteiger partial charge in [-0.05, 0) is 51.1 Å². The van der Waals surface area contributed by atoms with E-state index in [1.807, 2.05) is 6.92 Å². The summed E-state index contributed by atoms with van der Waals surface area (Å²) in [6.45, 7) is 5.20. The number of carbonyl (C=O) groups excluding carboxylic acids is 1. The third-order valence-corrected chi connectivity index (χ3v) is 3.95. The number of hydrogen-bond acceptors (Lipinski definition) is 3. The fraction of sp³-hybridized carbons (Fsp3) is 0.533. The molecule has 0 bridgehead atoms. The van der Waals surface area contributed by atoms with Crippen LogP contribution in [0.3, 0.4) is 0 Å². The first-order valence-electron chi connectivity index (χ1n) is 7.14. The molecule has 20 heavy (non-hydrogen) atoms. The average Bonchev–Trinajstić information content (AvgIpc) is 2.42. The molecule has 4 nitrogen and oxygen atoms in total. The first-order chi connectivity index (χ1) is 9.56. The highest BCUT2D eigenvalue weighted by Gasteiger charge is 2.16. The molecule has 0 radical (unpaired) electrons. The van der Waals surface area contributed by atoms with Gasteiger partial charge in [-0.1, -0.05) is 18.0 Å². The Bertz CT molecular complexity index is 472. The topological polar surface area (TPSA) is 58.4 Å². The highest BCUT2D eigenvalue weighted by atomic mass is 35.5. The van der Waals surface area contributed by atoms with Crippen molar-refractivity contribution < 1.29 is 4.79 Å². The van der Waals surface area contributed by atoms with Gasteiger partial charge >= 0.3 is 0 Å². The van der Waals surface area contributed by atoms with E-state index < -0.39 is 0 Å². The van der Waals surface area contributed by atoms with Gasteiger partial charge in [-0.15, -0.1) is 0 Å². The molecule has 1 aliphatic rings. The van der Waals surface area contributed by atoms with Crippen LogP contribution in [0.15, 0.2) is 18.2 Å². The van der Waals surface area contributed by atoms with E-state index in [1.54, 1.807) is 18.2 Å². The van der Waals surface area contributed by atoms with E-state index in [9.17, 15) is 4.79 Å². The number of piperidine rings is 1. The van der Waals surface area contributed by atoms with Crippen LogP contribution < -0.4 is 11.1 Å². The van der Waals surface area contributed by atoms with E-state index >= 15 is 0 Å². The van der Waals surface area contributed by atoms with Gasteiger partial charge in [-0.3, -0.25) is 4.79 Å². The highest BCUT2D eigenvalue weighted by Crippen LogP contribution is 2.19. The minimum absolute atomic E-state index is 0.101. The zero-order valence-corrected chi connectivity index (χ0v) is 12.6. The largest absolute Gasteiger partial charge is 0.398 e. The summed E-state index contributed by atoms with van der Waals surface area (Å²) in [5.74, 6) is -0.101. The van der Waals surface area contributed by atoms with Crippen LogP contribution in [-0.4, -0.2) is 36.5 Å². The molecule has 1 saturated heterocycles. The molecule has 3 N–H and O–H groups in total. The highest BCUT2D eigenvalue weighted by molar-refractivity contribution is 6.33. The molecule has 1 unspecified atom stereocenters. The van der Waals surface area contributed by atoms with Gasteiger partial charge in [-0.2, -0.15) is 0 Å². The molecular formula is C15H22ClN3O. The minimum Gasteiger partial charge on any atom is -0.398 e. The molecule has 1 amide bonds. The molecule has 1 atom stereocenters. The number of anilines is 1. The van der Waals surface area contributed by atoms with Crippen LogP contribution in [-0.2, 0) is 0 Å². The lowest BCUT2D eigenvalue weighted by Gasteiger charge is -2.29. The lowest BCUT2D eigenvalue weighted by Crippen LogP contribution is -2.43. The lowest BCUT2D eigenvalue weighted by atomic mass is 10.1. The van der Waals surface area contributed by atoms with Crippen molar-refractivity contribution in [2.45, 2.75) is 32.2 Å². The standard InChI is InChI=1S/C15H22ClN3O/c1-11(10-19-7-3-2-4-8-19)18-15(20)12-5-6-14(17)13(16)9-12/h5-6,9,11H,2-4,7-8,10,17H2,1H3,(H,18,20). The van der Waals surface area contributed by atoms with Gasteiger partial charge in [0.1, 0.15) is 0 Å². The Morgan fingerprint density at radius 1 is 1.40 bits per heavy atom. The summed E-state index contributed by atoms with van der Waals surface area (Å²) in [7, 11) is 0. The zero-order valence-electron chi connectivity index (χ0n) is 11.9. The number of carbonyl (C=O) groups is 1. The summed E-state index contributed by atoms with van der Waals surface area (Å²) in [5.41, 5.74) is 6.68. The second kappa shape index (κ2) is 6.95. The number of nitrogens with zero attached hydrogens (tertiary/aromatic N) is 1. The van der Waals surface area contributed by atoms with Crippen molar-refractivity contribution in [3.63, 3.8) is 0 Å². The number of hydrogen-bond donors (Lipinski definition) is 2. The van der Waals surface area contributed by atoms with Gasteiger partial charge in [0.25, 0.3) is 5.91 Å². The maximum absolute atomic E-state index is 12.1. The quantitative estimate of drug-likeness (QED) is 0.839. The van der Waals surface area contributed by atoms with E-state index in [0.29, 0.717) is 16.3 Å². The molecule has 1 aliphatic heterocycles. The second-order valence-electron chi connectivity index (χ2n) is 5.47. The Morgan fingerprint density at radius 2 is 2.10 bits per heavy atom. The molecule has 0 saturated carbocycles. The van der Waals surface area contributed by atoms with Crippen LogP contribution in [0.5, 0.6) is 0 Å². The van der Waals surface area contributed by atoms with Crippen molar-refractivity contribution in [2.75, 3.05) is 25.4 Å². The molecule has 110 valence electrons. The molecule has 1 aromatic rings. The molecular weight excluding hydrogens is 274 g/mol. The Kier molecular flexibility index (Phi) is 5.26. The Balaban J connectivity index is 1.87. The molecule has 1 heterocycles. The number of benzene rings is 1. The summed E-state index contributed by atoms with van der Waals surface area (Å²) in [6, 6.07) is 5.09. The van der Waals surface area contributed by atoms with Crippen molar-refractivity contribution in [3.05, 3.63) is 28.8 Å². The first kappa shape index (κ1) is 15.1. The Hall–Kier alpha value is -1.26. The monoisotopic (exact) mass is 295 g/mol. The predicted octanol–water partition coefficient (Wildman–Crippen LogP) is 2.53. The number of likely N-dealkylation sites (tertiary alicyclic amines) is 1. The third kappa shape index (κ3) is 4.12. The lowest BCUT2D eigenvalue weighted by molar-refractivity contribution is 0.0925. The third-order valence-electron chi connectivity index (χ3n) is 3.62. The number of halogens is 1. The van der Waals surface area contributed by atoms with Gasteiger partial charge in [0.2, 0.25) is 0 Å². The first-order valence-corrected chi connectivity index (χ1v) is 7.52. The van der Waals surface area contributed by atoms with Crippen LogP contribution >= 0.6 is 11.6 Å². The number of nitrogens with one attached hydrogen (secondary N) is 1. The van der Waals surface area contributed by atoms with Crippen molar-refractivity contribution in [2.24, 2.45) is 0 Å². The number of nitrogens with two attached hydrogens (primary N) is 1. The molecule has 1 fully saturated rings. The average molecular weight is 296 g/mol. The molecule has 1 aromatic carbocycles. The minimum atomic E-state index is -0.101. The van der Waals surface area contributed by atoms with Gasteiger partial charge in [0.15, 0.2) is 0 Å². The van der Waals surface area contributed by atoms with Crippen molar-refractivity contribution in [3.8, 4) is 0 Å². The van der Waals surface area contributed by atoms with E-state index in [2.05, 4.69) is 10.2 Å². The number of amides is 1. The fourth-order valence-electron chi connectivity index (χ4n) is 2.55. The predicted molar refractivity (Wildman–Crippen MR) is 83.1 cm³/mol. The van der Waals surface area contributed by atoms with Gasteiger partial charge in [0.05, 0.1) is 10.7 Å². The normalized spacial score (nSPS) is 17.7. The Morgan fingerprint density at radius 3 is 2.75 bits per heavy atom. The SMILES string of the molecule is CC(CN1CCCCC1)NC(=O)c1ccc(N)c(Cl)c1. The van der Waals surface area contributed by atoms with Gasteiger partial charge in [0, 0.05) is 18.2 Å². The molecule has 2 rings (SSSR count). The summed E-state index contributed by atoms with van der Waals surface area (Å²) in [5, 5.41) is 3.43. The number of nitrogen functional groups attached to an aromatic ring is 1. The van der Waals surface area contributed by atoms with Gasteiger partial charge in [-0.25, -0.2) is 0 Å². The fourth-order valence-corrected chi connectivity index (χ4v) is 2.73. The molecule has 5 heteroatoms. The van der Waals surface area contributed by atoms with Crippen molar-refractivity contribution >= 4 is 23.2 Å². The van der Waals surface area contributed by atoms with E-state index in [0.717, 1.165) is 19.6 Å². The summed E-state index contributed by atoms with van der Waals surface area (Å²) >= 11 is 5.94. The maximum atomic E-state index is 12.1. The van der Waals surface area contributed by atoms with Crippen LogP contribution in [0.2, 0.25) is 5.02 Å².